The van der Waals surface area contributed by atoms with E-state index in [1.807, 2.05) is 0 Å². The van der Waals surface area contributed by atoms with Gasteiger partial charge in [-0.05, 0) is 5.53 Å². The molecule has 0 aliphatic carbocycles. The van der Waals surface area contributed by atoms with Crippen LogP contribution in [0.15, 0.2) is 5.11 Å². The second-order valence-corrected chi connectivity index (χ2v) is 2.49. The van der Waals surface area contributed by atoms with Gasteiger partial charge >= 0.3 is 0 Å². The largest absolute Gasteiger partial charge is 0.394 e. The first-order valence-corrected chi connectivity index (χ1v) is 3.34. The Kier molecular flexibility index (Phi) is 2.51. The third-order valence-corrected chi connectivity index (χ3v) is 1.79. The van der Waals surface area contributed by atoms with Crippen LogP contribution in [0.5, 0.6) is 0 Å². The molecule has 1 rings (SSSR count). The highest BCUT2D eigenvalue weighted by Crippen LogP contribution is 2.27. The molecule has 3 N–H and O–H groups in total. The monoisotopic (exact) mass is 175 g/mol. The van der Waals surface area contributed by atoms with Crippen LogP contribution in [0.1, 0.15) is 0 Å². The number of azide groups is 1. The number of rotatable bonds is 2. The summed E-state index contributed by atoms with van der Waals surface area (Å²) in [5, 5.41) is 30.3. The lowest BCUT2D eigenvalue weighted by molar-refractivity contribution is -0.0871. The van der Waals surface area contributed by atoms with Crippen LogP contribution in [0.2, 0.25) is 0 Å². The molecule has 1 aliphatic heterocycles. The van der Waals surface area contributed by atoms with Crippen molar-refractivity contribution in [2.75, 3.05) is 13.2 Å². The van der Waals surface area contributed by atoms with Gasteiger partial charge in [0.2, 0.25) is 0 Å². The minimum absolute atomic E-state index is 0.152. The molecular formula is C5H9N3O4. The third-order valence-electron chi connectivity index (χ3n) is 1.79. The molecule has 1 aliphatic rings. The first-order chi connectivity index (χ1) is 5.65. The van der Waals surface area contributed by atoms with Gasteiger partial charge in [0.05, 0.1) is 13.2 Å². The molecule has 1 fully saturated rings. The van der Waals surface area contributed by atoms with E-state index in [-0.39, 0.29) is 6.61 Å². The van der Waals surface area contributed by atoms with E-state index in [0.717, 1.165) is 0 Å². The first-order valence-electron chi connectivity index (χ1n) is 3.34. The summed E-state index contributed by atoms with van der Waals surface area (Å²) in [5.41, 5.74) is 6.03. The molecular weight excluding hydrogens is 166 g/mol. The van der Waals surface area contributed by atoms with E-state index >= 15 is 0 Å². The topological polar surface area (TPSA) is 119 Å². The summed E-state index contributed by atoms with van der Waals surface area (Å²) in [7, 11) is 0. The fourth-order valence-corrected chi connectivity index (χ4v) is 1.06. The Bertz CT molecular complexity index is 217. The van der Waals surface area contributed by atoms with E-state index in [9.17, 15) is 5.11 Å². The smallest absolute Gasteiger partial charge is 0.200 e. The van der Waals surface area contributed by atoms with E-state index in [4.69, 9.17) is 20.5 Å². The molecule has 12 heavy (non-hydrogen) atoms. The maximum absolute atomic E-state index is 9.46. The molecule has 7 heteroatoms. The third kappa shape index (κ3) is 1.24. The molecule has 0 amide bonds. The van der Waals surface area contributed by atoms with Gasteiger partial charge in [0.25, 0.3) is 0 Å². The molecule has 0 radical (unpaired) electrons. The van der Waals surface area contributed by atoms with E-state index in [1.165, 1.54) is 0 Å². The molecule has 7 nitrogen and oxygen atoms in total. The summed E-state index contributed by atoms with van der Waals surface area (Å²) in [4.78, 5) is 2.36. The summed E-state index contributed by atoms with van der Waals surface area (Å²) in [6.45, 7) is -0.659. The van der Waals surface area contributed by atoms with E-state index in [0.29, 0.717) is 0 Å². The Labute approximate surface area is 67.8 Å². The Morgan fingerprint density at radius 1 is 1.75 bits per heavy atom. The number of aliphatic hydroxyl groups excluding tert-OH is 2. The minimum Gasteiger partial charge on any atom is -0.394 e. The first kappa shape index (κ1) is 9.24. The second-order valence-electron chi connectivity index (χ2n) is 2.49. The Morgan fingerprint density at radius 2 is 2.42 bits per heavy atom. The molecule has 0 unspecified atom stereocenters. The van der Waals surface area contributed by atoms with Gasteiger partial charge in [0.1, 0.15) is 12.2 Å². The van der Waals surface area contributed by atoms with Gasteiger partial charge < -0.3 is 20.1 Å². The zero-order chi connectivity index (χ0) is 9.19. The van der Waals surface area contributed by atoms with Crippen molar-refractivity contribution in [2.24, 2.45) is 5.11 Å². The summed E-state index contributed by atoms with van der Waals surface area (Å²) in [6, 6.07) is 0. The normalized spacial score (nSPS) is 40.9. The van der Waals surface area contributed by atoms with Crippen LogP contribution in [-0.2, 0) is 4.74 Å². The fraction of sp³-hybridized carbons (Fsp3) is 1.00. The number of ether oxygens (including phenoxy) is 1. The number of nitrogens with zero attached hydrogens (tertiary/aromatic N) is 3. The predicted octanol–water partition coefficient (Wildman–Crippen LogP) is -1.26. The Balaban J connectivity index is 2.87. The second kappa shape index (κ2) is 3.26. The lowest BCUT2D eigenvalue weighted by atomic mass is 10.1. The van der Waals surface area contributed by atoms with Crippen LogP contribution >= 0.6 is 0 Å². The molecule has 0 aromatic heterocycles. The van der Waals surface area contributed by atoms with Crippen LogP contribution in [0.3, 0.4) is 0 Å². The minimum atomic E-state index is -2.04. The van der Waals surface area contributed by atoms with Crippen molar-refractivity contribution in [1.29, 1.82) is 0 Å². The number of aliphatic hydroxyl groups is 3. The van der Waals surface area contributed by atoms with Crippen molar-refractivity contribution in [3.63, 3.8) is 0 Å². The van der Waals surface area contributed by atoms with Crippen LogP contribution in [-0.4, -0.2) is 46.5 Å². The van der Waals surface area contributed by atoms with Crippen LogP contribution in [0.4, 0.5) is 0 Å². The van der Waals surface area contributed by atoms with E-state index in [1.54, 1.807) is 0 Å². The predicted molar refractivity (Wildman–Crippen MR) is 36.9 cm³/mol. The Hall–Kier alpha value is -0.850. The summed E-state index contributed by atoms with van der Waals surface area (Å²) in [5.74, 6) is 0. The summed E-state index contributed by atoms with van der Waals surface area (Å²) in [6.07, 6.45) is -2.34. The van der Waals surface area contributed by atoms with Crippen molar-refractivity contribution in [3.05, 3.63) is 10.4 Å². The maximum Gasteiger partial charge on any atom is 0.200 e. The molecule has 0 aromatic rings. The van der Waals surface area contributed by atoms with Gasteiger partial charge in [-0.15, -0.1) is 0 Å². The summed E-state index contributed by atoms with van der Waals surface area (Å²) < 4.78 is 4.77. The lowest BCUT2D eigenvalue weighted by Gasteiger charge is -2.23. The van der Waals surface area contributed by atoms with Crippen molar-refractivity contribution >= 4 is 0 Å². The van der Waals surface area contributed by atoms with Gasteiger partial charge in [0, 0.05) is 4.91 Å². The van der Waals surface area contributed by atoms with E-state index in [2.05, 4.69) is 10.0 Å². The van der Waals surface area contributed by atoms with Crippen molar-refractivity contribution in [2.45, 2.75) is 17.9 Å². The molecule has 1 heterocycles. The summed E-state index contributed by atoms with van der Waals surface area (Å²) >= 11 is 0. The molecule has 0 spiro atoms. The Morgan fingerprint density at radius 3 is 2.92 bits per heavy atom. The zero-order valence-corrected chi connectivity index (χ0v) is 6.16. The molecule has 0 aromatic carbocycles. The average Bonchev–Trinajstić information content (AvgIpc) is 2.30. The lowest BCUT2D eigenvalue weighted by Crippen LogP contribution is -2.46. The molecule has 1 saturated heterocycles. The number of hydrogen-bond donors (Lipinski definition) is 3. The fourth-order valence-electron chi connectivity index (χ4n) is 1.06. The van der Waals surface area contributed by atoms with Crippen LogP contribution in [0, 0.1) is 0 Å². The van der Waals surface area contributed by atoms with Crippen LogP contribution < -0.4 is 0 Å². The highest BCUT2D eigenvalue weighted by atomic mass is 16.5. The maximum atomic E-state index is 9.46. The van der Waals surface area contributed by atoms with Crippen molar-refractivity contribution < 1.29 is 20.1 Å². The van der Waals surface area contributed by atoms with Gasteiger partial charge in [-0.1, -0.05) is 5.11 Å². The molecule has 0 saturated carbocycles. The molecule has 3 atom stereocenters. The molecule has 68 valence electrons. The van der Waals surface area contributed by atoms with E-state index < -0.39 is 24.5 Å². The van der Waals surface area contributed by atoms with Gasteiger partial charge in [0.15, 0.2) is 5.72 Å². The van der Waals surface area contributed by atoms with Crippen LogP contribution in [0.25, 0.3) is 10.4 Å². The van der Waals surface area contributed by atoms with Gasteiger partial charge in [-0.25, -0.2) is 0 Å². The average molecular weight is 175 g/mol. The highest BCUT2D eigenvalue weighted by molar-refractivity contribution is 4.96. The highest BCUT2D eigenvalue weighted by Gasteiger charge is 2.49. The zero-order valence-electron chi connectivity index (χ0n) is 6.16. The van der Waals surface area contributed by atoms with Gasteiger partial charge in [-0.2, -0.15) is 0 Å². The SMILES string of the molecule is [N-]=[N+]=N[C@]1(O)[C@@H](O)CO[C@@H]1CO. The van der Waals surface area contributed by atoms with Gasteiger partial charge in [-0.3, -0.25) is 0 Å². The standard InChI is InChI=1S/C5H9N3O4/c6-8-7-5(11)3(10)2-12-4(5)1-9/h3-4,9-11H,1-2H2/t3-,4+,5-/m0/s1. The van der Waals surface area contributed by atoms with Crippen molar-refractivity contribution in [3.8, 4) is 0 Å². The molecule has 0 bridgehead atoms. The quantitative estimate of drug-likeness (QED) is 0.275. The van der Waals surface area contributed by atoms with Crippen molar-refractivity contribution in [1.82, 2.24) is 0 Å². The number of hydrogen-bond acceptors (Lipinski definition) is 5.